The Hall–Kier alpha value is -3.05. The maximum atomic E-state index is 12.1. The Balaban J connectivity index is 1.56. The van der Waals surface area contributed by atoms with Gasteiger partial charge in [0.1, 0.15) is 17.3 Å². The van der Waals surface area contributed by atoms with Gasteiger partial charge in [-0.2, -0.15) is 5.10 Å². The molecule has 0 fully saturated rings. The standard InChI is InChI=1S/C20H26N6O4S/c1-28-10-8-22-18-16-12-23-26(19(16)25-20(24-18)31-3)9-7-21-17(27)13-30-15-6-4-5-14(11-15)29-2/h4-6,11-12H,7-10,13H2,1-3H3,(H,21,27)(H,22,24,25). The van der Waals surface area contributed by atoms with Crippen LogP contribution in [-0.4, -0.2) is 72.4 Å². The summed E-state index contributed by atoms with van der Waals surface area (Å²) in [6.45, 7) is 1.97. The lowest BCUT2D eigenvalue weighted by Crippen LogP contribution is -2.31. The minimum atomic E-state index is -0.222. The minimum absolute atomic E-state index is 0.0839. The number of nitrogens with one attached hydrogen (secondary N) is 2. The van der Waals surface area contributed by atoms with Crippen LogP contribution in [0.5, 0.6) is 11.5 Å². The summed E-state index contributed by atoms with van der Waals surface area (Å²) >= 11 is 1.46. The van der Waals surface area contributed by atoms with Crippen molar-refractivity contribution in [3.63, 3.8) is 0 Å². The van der Waals surface area contributed by atoms with Gasteiger partial charge in [0.05, 0.1) is 31.8 Å². The van der Waals surface area contributed by atoms with E-state index in [9.17, 15) is 4.79 Å². The second-order valence-corrected chi connectivity index (χ2v) is 7.17. The summed E-state index contributed by atoms with van der Waals surface area (Å²) in [5.41, 5.74) is 0.709. The Morgan fingerprint density at radius 3 is 2.81 bits per heavy atom. The van der Waals surface area contributed by atoms with Crippen LogP contribution in [-0.2, 0) is 16.1 Å². The number of carbonyl (C=O) groups is 1. The first-order valence-electron chi connectivity index (χ1n) is 9.68. The summed E-state index contributed by atoms with van der Waals surface area (Å²) < 4.78 is 17.5. The molecule has 0 saturated carbocycles. The molecule has 2 heterocycles. The molecule has 0 atom stereocenters. The van der Waals surface area contributed by atoms with E-state index in [0.717, 1.165) is 5.39 Å². The summed E-state index contributed by atoms with van der Waals surface area (Å²) in [5, 5.41) is 12.0. The quantitative estimate of drug-likeness (QED) is 0.244. The molecule has 0 saturated heterocycles. The summed E-state index contributed by atoms with van der Waals surface area (Å²) in [7, 11) is 3.23. The van der Waals surface area contributed by atoms with E-state index >= 15 is 0 Å². The van der Waals surface area contributed by atoms with E-state index in [1.807, 2.05) is 12.3 Å². The highest BCUT2D eigenvalue weighted by molar-refractivity contribution is 7.98. The van der Waals surface area contributed by atoms with E-state index in [1.54, 1.807) is 43.3 Å². The number of thioether (sulfide) groups is 1. The number of fused-ring (bicyclic) bond motifs is 1. The lowest BCUT2D eigenvalue weighted by atomic mass is 10.3. The molecule has 0 bridgehead atoms. The predicted molar refractivity (Wildman–Crippen MR) is 119 cm³/mol. The van der Waals surface area contributed by atoms with Crippen LogP contribution in [0.1, 0.15) is 0 Å². The summed E-state index contributed by atoms with van der Waals surface area (Å²) in [6.07, 6.45) is 3.64. The molecular formula is C20H26N6O4S. The number of methoxy groups -OCH3 is 2. The van der Waals surface area contributed by atoms with E-state index in [0.29, 0.717) is 54.4 Å². The highest BCUT2D eigenvalue weighted by atomic mass is 32.2. The zero-order valence-corrected chi connectivity index (χ0v) is 18.6. The Bertz CT molecular complexity index is 1010. The molecular weight excluding hydrogens is 420 g/mol. The maximum Gasteiger partial charge on any atom is 0.258 e. The number of rotatable bonds is 12. The summed E-state index contributed by atoms with van der Waals surface area (Å²) in [4.78, 5) is 21.2. The number of nitrogens with zero attached hydrogens (tertiary/aromatic N) is 4. The maximum absolute atomic E-state index is 12.1. The molecule has 166 valence electrons. The van der Waals surface area contributed by atoms with Gasteiger partial charge < -0.3 is 24.8 Å². The molecule has 0 aliphatic carbocycles. The van der Waals surface area contributed by atoms with Crippen LogP contribution in [0.25, 0.3) is 11.0 Å². The molecule has 11 heteroatoms. The number of carbonyl (C=O) groups excluding carboxylic acids is 1. The number of hydrogen-bond donors (Lipinski definition) is 2. The smallest absolute Gasteiger partial charge is 0.258 e. The van der Waals surface area contributed by atoms with E-state index in [2.05, 4.69) is 25.7 Å². The Kier molecular flexibility index (Phi) is 8.30. The van der Waals surface area contributed by atoms with Gasteiger partial charge in [0.2, 0.25) is 0 Å². The molecule has 3 rings (SSSR count). The fourth-order valence-electron chi connectivity index (χ4n) is 2.79. The predicted octanol–water partition coefficient (Wildman–Crippen LogP) is 1.81. The molecule has 1 aromatic carbocycles. The molecule has 0 aliphatic heterocycles. The van der Waals surface area contributed by atoms with E-state index in [-0.39, 0.29) is 12.5 Å². The molecule has 0 aliphatic rings. The Morgan fingerprint density at radius 2 is 2.03 bits per heavy atom. The SMILES string of the molecule is COCCNc1nc(SC)nc2c1cnn2CCNC(=O)COc1cccc(OC)c1. The lowest BCUT2D eigenvalue weighted by Gasteiger charge is -2.10. The second kappa shape index (κ2) is 11.4. The van der Waals surface area contributed by atoms with Gasteiger partial charge in [0.25, 0.3) is 5.91 Å². The van der Waals surface area contributed by atoms with Crippen molar-refractivity contribution >= 4 is 34.5 Å². The zero-order valence-electron chi connectivity index (χ0n) is 17.8. The van der Waals surface area contributed by atoms with Gasteiger partial charge in [-0.3, -0.25) is 4.79 Å². The first-order valence-corrected chi connectivity index (χ1v) is 10.9. The third kappa shape index (κ3) is 6.22. The summed E-state index contributed by atoms with van der Waals surface area (Å²) in [5.74, 6) is 1.74. The Morgan fingerprint density at radius 1 is 1.19 bits per heavy atom. The van der Waals surface area contributed by atoms with E-state index < -0.39 is 0 Å². The number of aromatic nitrogens is 4. The van der Waals surface area contributed by atoms with Crippen molar-refractivity contribution in [2.45, 2.75) is 11.7 Å². The monoisotopic (exact) mass is 446 g/mol. The molecule has 2 N–H and O–H groups in total. The normalized spacial score (nSPS) is 10.8. The third-order valence-corrected chi connectivity index (χ3v) is 4.86. The van der Waals surface area contributed by atoms with Crippen molar-refractivity contribution in [1.82, 2.24) is 25.1 Å². The van der Waals surface area contributed by atoms with E-state index in [4.69, 9.17) is 14.2 Å². The fraction of sp³-hybridized carbons (Fsp3) is 0.400. The van der Waals surface area contributed by atoms with Crippen LogP contribution in [0, 0.1) is 0 Å². The number of anilines is 1. The van der Waals surface area contributed by atoms with Gasteiger partial charge in [-0.15, -0.1) is 0 Å². The van der Waals surface area contributed by atoms with E-state index in [1.165, 1.54) is 11.8 Å². The molecule has 3 aromatic rings. The van der Waals surface area contributed by atoms with Gasteiger partial charge in [-0.25, -0.2) is 14.6 Å². The van der Waals surface area contributed by atoms with Gasteiger partial charge >= 0.3 is 0 Å². The molecule has 2 aromatic heterocycles. The summed E-state index contributed by atoms with van der Waals surface area (Å²) in [6, 6.07) is 7.11. The van der Waals surface area contributed by atoms with Crippen LogP contribution in [0.15, 0.2) is 35.6 Å². The second-order valence-electron chi connectivity index (χ2n) is 6.40. The third-order valence-electron chi connectivity index (χ3n) is 4.31. The van der Waals surface area contributed by atoms with Crippen LogP contribution in [0.2, 0.25) is 0 Å². The van der Waals surface area contributed by atoms with Crippen LogP contribution >= 0.6 is 11.8 Å². The average molecular weight is 447 g/mol. The molecule has 0 radical (unpaired) electrons. The van der Waals surface area contributed by atoms with Crippen molar-refractivity contribution in [1.29, 1.82) is 0 Å². The van der Waals surface area contributed by atoms with Crippen molar-refractivity contribution in [3.05, 3.63) is 30.5 Å². The number of benzene rings is 1. The van der Waals surface area contributed by atoms with Gasteiger partial charge in [0, 0.05) is 26.3 Å². The molecule has 0 unspecified atom stereocenters. The zero-order chi connectivity index (χ0) is 22.1. The van der Waals surface area contributed by atoms with Crippen molar-refractivity contribution in [3.8, 4) is 11.5 Å². The first-order chi connectivity index (χ1) is 15.1. The topological polar surface area (TPSA) is 112 Å². The van der Waals surface area contributed by atoms with Crippen molar-refractivity contribution < 1.29 is 19.0 Å². The highest BCUT2D eigenvalue weighted by Crippen LogP contribution is 2.23. The minimum Gasteiger partial charge on any atom is -0.497 e. The van der Waals surface area contributed by atoms with Gasteiger partial charge in [-0.1, -0.05) is 17.8 Å². The van der Waals surface area contributed by atoms with Crippen LogP contribution in [0.3, 0.4) is 0 Å². The number of amides is 1. The van der Waals surface area contributed by atoms with Gasteiger partial charge in [-0.05, 0) is 18.4 Å². The molecule has 10 nitrogen and oxygen atoms in total. The first kappa shape index (κ1) is 22.6. The Labute approximate surface area is 184 Å². The molecule has 31 heavy (non-hydrogen) atoms. The fourth-order valence-corrected chi connectivity index (χ4v) is 3.15. The van der Waals surface area contributed by atoms with Gasteiger partial charge in [0.15, 0.2) is 17.4 Å². The van der Waals surface area contributed by atoms with Crippen molar-refractivity contribution in [2.24, 2.45) is 0 Å². The lowest BCUT2D eigenvalue weighted by molar-refractivity contribution is -0.123. The number of ether oxygens (including phenoxy) is 3. The highest BCUT2D eigenvalue weighted by Gasteiger charge is 2.13. The molecule has 1 amide bonds. The van der Waals surface area contributed by atoms with Crippen LogP contribution in [0.4, 0.5) is 5.82 Å². The largest absolute Gasteiger partial charge is 0.497 e. The van der Waals surface area contributed by atoms with Crippen molar-refractivity contribution in [2.75, 3.05) is 52.1 Å². The average Bonchev–Trinajstić information content (AvgIpc) is 3.21. The van der Waals surface area contributed by atoms with Crippen LogP contribution < -0.4 is 20.1 Å². The molecule has 0 spiro atoms. The number of hydrogen-bond acceptors (Lipinski definition) is 9.